The van der Waals surface area contributed by atoms with Crippen LogP contribution in [0.4, 0.5) is 0 Å². The zero-order valence-electron chi connectivity index (χ0n) is 11.9. The number of benzene rings is 2. The number of nitrogens with two attached hydrogens (primary N) is 1. The molecule has 3 nitrogen and oxygen atoms in total. The van der Waals surface area contributed by atoms with Crippen molar-refractivity contribution < 1.29 is 9.47 Å². The van der Waals surface area contributed by atoms with Crippen molar-refractivity contribution >= 4 is 15.9 Å². The maximum atomic E-state index is 6.39. The Balaban J connectivity index is 1.92. The van der Waals surface area contributed by atoms with Crippen molar-refractivity contribution in [1.82, 2.24) is 0 Å². The number of ether oxygens (including phenoxy) is 2. The van der Waals surface area contributed by atoms with Crippen molar-refractivity contribution in [2.45, 2.75) is 19.4 Å². The minimum Gasteiger partial charge on any atom is -0.490 e. The van der Waals surface area contributed by atoms with Gasteiger partial charge in [0.25, 0.3) is 0 Å². The first-order chi connectivity index (χ1) is 10.1. The van der Waals surface area contributed by atoms with Crippen LogP contribution in [-0.4, -0.2) is 13.2 Å². The lowest BCUT2D eigenvalue weighted by atomic mass is 9.98. The molecule has 2 aromatic rings. The van der Waals surface area contributed by atoms with Gasteiger partial charge in [0.05, 0.1) is 19.3 Å². The predicted octanol–water partition coefficient (Wildman–Crippen LogP) is 3.97. The van der Waals surface area contributed by atoms with E-state index in [1.54, 1.807) is 0 Å². The van der Waals surface area contributed by atoms with Crippen LogP contribution in [0.1, 0.15) is 29.2 Å². The molecular weight excluding hydrogens is 330 g/mol. The second-order valence-corrected chi connectivity index (χ2v) is 6.10. The van der Waals surface area contributed by atoms with Gasteiger partial charge in [-0.2, -0.15) is 0 Å². The highest BCUT2D eigenvalue weighted by Crippen LogP contribution is 2.34. The van der Waals surface area contributed by atoms with Crippen LogP contribution in [-0.2, 0) is 0 Å². The fraction of sp³-hybridized carbons (Fsp3) is 0.294. The Morgan fingerprint density at radius 1 is 1.00 bits per heavy atom. The van der Waals surface area contributed by atoms with Crippen LogP contribution < -0.4 is 15.2 Å². The molecule has 21 heavy (non-hydrogen) atoms. The fourth-order valence-corrected chi connectivity index (χ4v) is 2.76. The van der Waals surface area contributed by atoms with Crippen LogP contribution in [0.3, 0.4) is 0 Å². The van der Waals surface area contributed by atoms with E-state index in [-0.39, 0.29) is 6.04 Å². The molecule has 0 saturated heterocycles. The van der Waals surface area contributed by atoms with E-state index in [2.05, 4.69) is 41.1 Å². The number of fused-ring (bicyclic) bond motifs is 1. The minimum atomic E-state index is -0.181. The molecule has 0 saturated carbocycles. The van der Waals surface area contributed by atoms with Gasteiger partial charge in [0.2, 0.25) is 0 Å². The molecule has 0 spiro atoms. The molecule has 0 bridgehead atoms. The number of halogens is 1. The molecule has 1 atom stereocenters. The Bertz CT molecular complexity index is 657. The van der Waals surface area contributed by atoms with Crippen LogP contribution in [0.25, 0.3) is 0 Å². The molecule has 0 radical (unpaired) electrons. The summed E-state index contributed by atoms with van der Waals surface area (Å²) in [6.07, 6.45) is 0.904. The Hall–Kier alpha value is -1.52. The predicted molar refractivity (Wildman–Crippen MR) is 87.0 cm³/mol. The summed E-state index contributed by atoms with van der Waals surface area (Å²) in [7, 11) is 0. The van der Waals surface area contributed by atoms with Gasteiger partial charge in [0.1, 0.15) is 0 Å². The van der Waals surface area contributed by atoms with E-state index in [1.807, 2.05) is 18.2 Å². The highest BCUT2D eigenvalue weighted by atomic mass is 79.9. The molecule has 4 heteroatoms. The molecule has 2 aromatic carbocycles. The monoisotopic (exact) mass is 347 g/mol. The summed E-state index contributed by atoms with van der Waals surface area (Å²) >= 11 is 3.56. The van der Waals surface area contributed by atoms with Crippen molar-refractivity contribution in [2.75, 3.05) is 13.2 Å². The first-order valence-corrected chi connectivity index (χ1v) is 7.85. The topological polar surface area (TPSA) is 44.5 Å². The highest BCUT2D eigenvalue weighted by Gasteiger charge is 2.15. The Morgan fingerprint density at radius 3 is 2.43 bits per heavy atom. The lowest BCUT2D eigenvalue weighted by molar-refractivity contribution is 0.297. The van der Waals surface area contributed by atoms with Crippen LogP contribution in [0.2, 0.25) is 0 Å². The summed E-state index contributed by atoms with van der Waals surface area (Å²) < 4.78 is 12.5. The van der Waals surface area contributed by atoms with E-state index in [4.69, 9.17) is 15.2 Å². The van der Waals surface area contributed by atoms with Crippen molar-refractivity contribution in [3.63, 3.8) is 0 Å². The first kappa shape index (κ1) is 14.4. The summed E-state index contributed by atoms with van der Waals surface area (Å²) in [5.41, 5.74) is 9.68. The SMILES string of the molecule is Cc1ccc(C(N)c2ccc3c(c2)OCCCO3)cc1Br. The molecule has 1 aliphatic rings. The molecule has 1 heterocycles. The number of aryl methyl sites for hydroxylation is 1. The Kier molecular flexibility index (Phi) is 4.17. The lowest BCUT2D eigenvalue weighted by Crippen LogP contribution is -2.12. The number of hydrogen-bond acceptors (Lipinski definition) is 3. The highest BCUT2D eigenvalue weighted by molar-refractivity contribution is 9.10. The molecule has 0 aliphatic carbocycles. The zero-order chi connectivity index (χ0) is 14.8. The van der Waals surface area contributed by atoms with Gasteiger partial charge in [-0.25, -0.2) is 0 Å². The molecule has 0 aromatic heterocycles. The van der Waals surface area contributed by atoms with Gasteiger partial charge in [0.15, 0.2) is 11.5 Å². The Labute approximate surface area is 133 Å². The molecule has 3 rings (SSSR count). The molecule has 1 unspecified atom stereocenters. The summed E-state index contributed by atoms with van der Waals surface area (Å²) in [4.78, 5) is 0. The second kappa shape index (κ2) is 6.08. The smallest absolute Gasteiger partial charge is 0.161 e. The van der Waals surface area contributed by atoms with E-state index in [9.17, 15) is 0 Å². The molecular formula is C17H18BrNO2. The van der Waals surface area contributed by atoms with Crippen molar-refractivity contribution in [1.29, 1.82) is 0 Å². The third-order valence-corrected chi connectivity index (χ3v) is 4.54. The zero-order valence-corrected chi connectivity index (χ0v) is 13.5. The quantitative estimate of drug-likeness (QED) is 0.893. The molecule has 110 valence electrons. The summed E-state index contributed by atoms with van der Waals surface area (Å²) in [6.45, 7) is 3.44. The third-order valence-electron chi connectivity index (χ3n) is 3.69. The minimum absolute atomic E-state index is 0.181. The van der Waals surface area contributed by atoms with E-state index in [0.717, 1.165) is 33.5 Å². The van der Waals surface area contributed by atoms with Gasteiger partial charge in [-0.1, -0.05) is 34.1 Å². The average molecular weight is 348 g/mol. The van der Waals surface area contributed by atoms with Gasteiger partial charge in [0, 0.05) is 10.9 Å². The van der Waals surface area contributed by atoms with Crippen LogP contribution in [0.5, 0.6) is 11.5 Å². The van der Waals surface area contributed by atoms with Crippen LogP contribution in [0.15, 0.2) is 40.9 Å². The van der Waals surface area contributed by atoms with Crippen LogP contribution in [0, 0.1) is 6.92 Å². The lowest BCUT2D eigenvalue weighted by Gasteiger charge is -2.16. The summed E-state index contributed by atoms with van der Waals surface area (Å²) in [6, 6.07) is 12.0. The van der Waals surface area contributed by atoms with Crippen molar-refractivity contribution in [2.24, 2.45) is 5.73 Å². The third kappa shape index (κ3) is 3.06. The summed E-state index contributed by atoms with van der Waals surface area (Å²) in [5, 5.41) is 0. The van der Waals surface area contributed by atoms with Gasteiger partial charge in [-0.05, 0) is 41.8 Å². The number of hydrogen-bond donors (Lipinski definition) is 1. The van der Waals surface area contributed by atoms with Gasteiger partial charge >= 0.3 is 0 Å². The van der Waals surface area contributed by atoms with Crippen molar-refractivity contribution in [3.05, 3.63) is 57.6 Å². The fourth-order valence-electron chi connectivity index (χ4n) is 2.37. The first-order valence-electron chi connectivity index (χ1n) is 7.06. The normalized spacial score (nSPS) is 15.4. The largest absolute Gasteiger partial charge is 0.490 e. The van der Waals surface area contributed by atoms with E-state index in [1.165, 1.54) is 5.56 Å². The average Bonchev–Trinajstić information content (AvgIpc) is 2.73. The van der Waals surface area contributed by atoms with Gasteiger partial charge in [-0.3, -0.25) is 0 Å². The second-order valence-electron chi connectivity index (χ2n) is 5.24. The maximum absolute atomic E-state index is 6.39. The number of rotatable bonds is 2. The Morgan fingerprint density at radius 2 is 1.67 bits per heavy atom. The molecule has 1 aliphatic heterocycles. The molecule has 0 amide bonds. The van der Waals surface area contributed by atoms with Crippen LogP contribution >= 0.6 is 15.9 Å². The molecule has 0 fully saturated rings. The van der Waals surface area contributed by atoms with E-state index in [0.29, 0.717) is 13.2 Å². The van der Waals surface area contributed by atoms with Gasteiger partial charge < -0.3 is 15.2 Å². The maximum Gasteiger partial charge on any atom is 0.161 e. The van der Waals surface area contributed by atoms with E-state index < -0.39 is 0 Å². The van der Waals surface area contributed by atoms with Gasteiger partial charge in [-0.15, -0.1) is 0 Å². The molecule has 2 N–H and O–H groups in total. The van der Waals surface area contributed by atoms with Crippen molar-refractivity contribution in [3.8, 4) is 11.5 Å². The summed E-state index contributed by atoms with van der Waals surface area (Å²) in [5.74, 6) is 1.58. The van der Waals surface area contributed by atoms with E-state index >= 15 is 0 Å². The standard InChI is InChI=1S/C17H18BrNO2/c1-11-3-4-12(9-14(11)18)17(19)13-5-6-15-16(10-13)21-8-2-7-20-15/h3-6,9-10,17H,2,7-8,19H2,1H3.